The van der Waals surface area contributed by atoms with Gasteiger partial charge in [0.2, 0.25) is 5.91 Å². The number of aromatic nitrogens is 1. The molecule has 8 nitrogen and oxygen atoms in total. The standard InChI is InChI=1S/C35H47N5O3S/c1-36-35(42)43-30-16-13-26(14-17-30)34(41)40(29-6-4-5-27(19-29)31-21-38-33(44-31)25-11-12-25)22-23-7-9-24(10-8-23)28-15-18-32(37-20-28)39(2)3/h4-6,15,18-20,23-26,30-31H,7-14,16-17,21-22H2,1-3H3,(H,36,42). The van der Waals surface area contributed by atoms with Crippen LogP contribution in [0.15, 0.2) is 47.6 Å². The molecule has 1 atom stereocenters. The molecule has 1 aromatic heterocycles. The fourth-order valence-electron chi connectivity index (χ4n) is 7.04. The smallest absolute Gasteiger partial charge is 0.407 e. The van der Waals surface area contributed by atoms with E-state index in [0.29, 0.717) is 23.0 Å². The average Bonchev–Trinajstić information content (AvgIpc) is 3.79. The largest absolute Gasteiger partial charge is 0.446 e. The Morgan fingerprint density at radius 3 is 2.34 bits per heavy atom. The van der Waals surface area contributed by atoms with Crippen molar-refractivity contribution in [2.45, 2.75) is 81.5 Å². The fourth-order valence-corrected chi connectivity index (χ4v) is 8.34. The van der Waals surface area contributed by atoms with Crippen LogP contribution >= 0.6 is 11.8 Å². The highest BCUT2D eigenvalue weighted by atomic mass is 32.2. The number of ether oxygens (including phenoxy) is 1. The third kappa shape index (κ3) is 7.41. The van der Waals surface area contributed by atoms with Gasteiger partial charge in [0.25, 0.3) is 0 Å². The molecule has 0 bridgehead atoms. The lowest BCUT2D eigenvalue weighted by molar-refractivity contribution is -0.124. The maximum atomic E-state index is 14.3. The third-order valence-electron chi connectivity index (χ3n) is 9.91. The van der Waals surface area contributed by atoms with Crippen LogP contribution in [0, 0.1) is 17.8 Å². The molecular formula is C35H47N5O3S. The number of carbonyl (C=O) groups is 2. The van der Waals surface area contributed by atoms with Crippen LogP contribution in [0.4, 0.5) is 16.3 Å². The first-order valence-corrected chi connectivity index (χ1v) is 17.4. The second-order valence-electron chi connectivity index (χ2n) is 13.3. The minimum Gasteiger partial charge on any atom is -0.446 e. The fraction of sp³-hybridized carbons (Fsp3) is 0.600. The number of thioether (sulfide) groups is 1. The van der Waals surface area contributed by atoms with Crippen molar-refractivity contribution in [2.24, 2.45) is 22.7 Å². The van der Waals surface area contributed by atoms with E-state index in [1.165, 1.54) is 29.0 Å². The van der Waals surface area contributed by atoms with Gasteiger partial charge in [-0.05, 0) is 105 Å². The summed E-state index contributed by atoms with van der Waals surface area (Å²) in [4.78, 5) is 39.7. The van der Waals surface area contributed by atoms with E-state index < -0.39 is 6.09 Å². The molecule has 9 heteroatoms. The number of hydrogen-bond acceptors (Lipinski definition) is 7. The second-order valence-corrected chi connectivity index (χ2v) is 14.5. The number of nitrogens with one attached hydrogen (secondary N) is 1. The molecule has 1 aliphatic heterocycles. The molecule has 6 rings (SSSR count). The van der Waals surface area contributed by atoms with Gasteiger partial charge in [-0.25, -0.2) is 9.78 Å². The highest BCUT2D eigenvalue weighted by molar-refractivity contribution is 8.14. The number of rotatable bonds is 9. The Bertz CT molecular complexity index is 1330. The predicted octanol–water partition coefficient (Wildman–Crippen LogP) is 6.97. The molecule has 0 radical (unpaired) electrons. The molecule has 2 amide bonds. The lowest BCUT2D eigenvalue weighted by Gasteiger charge is -2.36. The Hall–Kier alpha value is -3.07. The number of benzene rings is 1. The van der Waals surface area contributed by atoms with Crippen molar-refractivity contribution in [3.63, 3.8) is 0 Å². The summed E-state index contributed by atoms with van der Waals surface area (Å²) in [6.07, 6.45) is 11.5. The maximum Gasteiger partial charge on any atom is 0.407 e. The average molecular weight is 618 g/mol. The van der Waals surface area contributed by atoms with Gasteiger partial charge in [-0.3, -0.25) is 9.79 Å². The molecule has 3 fully saturated rings. The van der Waals surface area contributed by atoms with Gasteiger partial charge in [-0.2, -0.15) is 0 Å². The number of hydrogen-bond donors (Lipinski definition) is 1. The highest BCUT2D eigenvalue weighted by Gasteiger charge is 2.36. The summed E-state index contributed by atoms with van der Waals surface area (Å²) in [7, 11) is 5.62. The molecule has 44 heavy (non-hydrogen) atoms. The molecule has 1 unspecified atom stereocenters. The summed E-state index contributed by atoms with van der Waals surface area (Å²) in [6.45, 7) is 1.58. The first kappa shape index (κ1) is 30.9. The summed E-state index contributed by atoms with van der Waals surface area (Å²) in [5.41, 5.74) is 3.61. The summed E-state index contributed by atoms with van der Waals surface area (Å²) in [5.74, 6) is 2.83. The van der Waals surface area contributed by atoms with Gasteiger partial charge >= 0.3 is 6.09 Å². The van der Waals surface area contributed by atoms with E-state index in [0.717, 1.165) is 76.0 Å². The van der Waals surface area contributed by atoms with Crippen molar-refractivity contribution in [2.75, 3.05) is 44.0 Å². The molecule has 1 N–H and O–H groups in total. The monoisotopic (exact) mass is 617 g/mol. The summed E-state index contributed by atoms with van der Waals surface area (Å²) < 4.78 is 5.51. The van der Waals surface area contributed by atoms with Crippen LogP contribution < -0.4 is 15.1 Å². The minimum atomic E-state index is -0.392. The summed E-state index contributed by atoms with van der Waals surface area (Å²) in [5, 5.41) is 4.20. The van der Waals surface area contributed by atoms with Gasteiger partial charge in [0.1, 0.15) is 11.9 Å². The number of anilines is 2. The van der Waals surface area contributed by atoms with Crippen molar-refractivity contribution in [3.05, 3.63) is 53.7 Å². The Kier molecular flexibility index (Phi) is 9.79. The summed E-state index contributed by atoms with van der Waals surface area (Å²) >= 11 is 1.93. The van der Waals surface area contributed by atoms with Crippen molar-refractivity contribution in [1.82, 2.24) is 10.3 Å². The van der Waals surface area contributed by atoms with Crippen LogP contribution in [0.5, 0.6) is 0 Å². The minimum absolute atomic E-state index is 0.0496. The van der Waals surface area contributed by atoms with Crippen LogP contribution in [0.3, 0.4) is 0 Å². The van der Waals surface area contributed by atoms with Crippen molar-refractivity contribution < 1.29 is 14.3 Å². The van der Waals surface area contributed by atoms with Crippen LogP contribution in [-0.2, 0) is 9.53 Å². The number of alkyl carbamates (subject to hydrolysis) is 1. The first-order chi connectivity index (χ1) is 21.4. The molecule has 3 aliphatic carbocycles. The number of nitrogens with zero attached hydrogens (tertiary/aromatic N) is 4. The van der Waals surface area contributed by atoms with E-state index in [4.69, 9.17) is 9.73 Å². The molecule has 0 saturated heterocycles. The zero-order chi connectivity index (χ0) is 30.6. The second kappa shape index (κ2) is 13.9. The molecule has 1 aromatic carbocycles. The Balaban J connectivity index is 1.14. The highest BCUT2D eigenvalue weighted by Crippen LogP contribution is 2.45. The lowest BCUT2D eigenvalue weighted by Crippen LogP contribution is -2.42. The van der Waals surface area contributed by atoms with E-state index in [9.17, 15) is 9.59 Å². The van der Waals surface area contributed by atoms with Gasteiger partial charge < -0.3 is 19.9 Å². The van der Waals surface area contributed by atoms with Crippen LogP contribution in [-0.4, -0.2) is 62.4 Å². The van der Waals surface area contributed by atoms with E-state index >= 15 is 0 Å². The van der Waals surface area contributed by atoms with E-state index in [2.05, 4.69) is 51.6 Å². The Labute approximate surface area is 266 Å². The topological polar surface area (TPSA) is 87.1 Å². The lowest BCUT2D eigenvalue weighted by atomic mass is 9.78. The van der Waals surface area contributed by atoms with Crippen molar-refractivity contribution in [3.8, 4) is 0 Å². The first-order valence-electron chi connectivity index (χ1n) is 16.5. The maximum absolute atomic E-state index is 14.3. The van der Waals surface area contributed by atoms with Gasteiger partial charge in [-0.15, -0.1) is 11.8 Å². The van der Waals surface area contributed by atoms with Gasteiger partial charge in [-0.1, -0.05) is 18.2 Å². The normalized spacial score (nSPS) is 26.9. The molecule has 3 saturated carbocycles. The number of carbonyl (C=O) groups excluding carboxylic acids is 2. The zero-order valence-electron chi connectivity index (χ0n) is 26.4. The summed E-state index contributed by atoms with van der Waals surface area (Å²) in [6, 6.07) is 13.1. The number of aliphatic imine (C=N–C) groups is 1. The Morgan fingerprint density at radius 1 is 0.932 bits per heavy atom. The van der Waals surface area contributed by atoms with Crippen molar-refractivity contribution >= 4 is 40.3 Å². The van der Waals surface area contributed by atoms with E-state index in [1.54, 1.807) is 7.05 Å². The number of pyridine rings is 1. The third-order valence-corrected chi connectivity index (χ3v) is 11.3. The SMILES string of the molecule is CNC(=O)OC1CCC(C(=O)N(CC2CCC(c3ccc(N(C)C)nc3)CC2)c2cccc(C3CN=C(C4CC4)S3)c2)CC1. The van der Waals surface area contributed by atoms with Gasteiger partial charge in [0.15, 0.2) is 0 Å². The van der Waals surface area contributed by atoms with Crippen molar-refractivity contribution in [1.29, 1.82) is 0 Å². The van der Waals surface area contributed by atoms with Crippen LogP contribution in [0.25, 0.3) is 0 Å². The van der Waals surface area contributed by atoms with Gasteiger partial charge in [0, 0.05) is 51.4 Å². The number of amides is 2. The zero-order valence-corrected chi connectivity index (χ0v) is 27.2. The molecule has 2 aromatic rings. The predicted molar refractivity (Wildman–Crippen MR) is 179 cm³/mol. The van der Waals surface area contributed by atoms with Crippen LogP contribution in [0.2, 0.25) is 0 Å². The molecule has 4 aliphatic rings. The van der Waals surface area contributed by atoms with E-state index in [1.807, 2.05) is 37.0 Å². The molecular weight excluding hydrogens is 570 g/mol. The van der Waals surface area contributed by atoms with Crippen LogP contribution in [0.1, 0.15) is 86.5 Å². The van der Waals surface area contributed by atoms with E-state index in [-0.39, 0.29) is 17.9 Å². The quantitative estimate of drug-likeness (QED) is 0.327. The molecule has 2 heterocycles. The molecule has 0 spiro atoms. The Morgan fingerprint density at radius 2 is 1.68 bits per heavy atom. The van der Waals surface area contributed by atoms with Gasteiger partial charge in [0.05, 0.1) is 16.8 Å². The molecule has 236 valence electrons.